The monoisotopic (exact) mass is 167 g/mol. The average Bonchev–Trinajstić information content (AvgIpc) is 2.12. The van der Waals surface area contributed by atoms with Gasteiger partial charge in [-0.2, -0.15) is 11.8 Å². The molecule has 0 aromatic rings. The zero-order chi connectivity index (χ0) is 7.40. The van der Waals surface area contributed by atoms with Gasteiger partial charge in [0.25, 0.3) is 6.43 Å². The molecular weight excluding hydrogens is 156 g/mol. The van der Waals surface area contributed by atoms with Crippen molar-refractivity contribution < 1.29 is 8.78 Å². The van der Waals surface area contributed by atoms with Crippen LogP contribution in [0, 0.1) is 0 Å². The molecule has 0 aromatic carbocycles. The number of alkyl halides is 2. The van der Waals surface area contributed by atoms with Crippen molar-refractivity contribution >= 4 is 11.8 Å². The van der Waals surface area contributed by atoms with Crippen molar-refractivity contribution in [2.75, 3.05) is 18.1 Å². The Hall–Kier alpha value is 0.170. The van der Waals surface area contributed by atoms with Gasteiger partial charge in [-0.3, -0.25) is 0 Å². The van der Waals surface area contributed by atoms with Gasteiger partial charge in [0.15, 0.2) is 0 Å². The molecule has 1 aliphatic heterocycles. The summed E-state index contributed by atoms with van der Waals surface area (Å²) in [6, 6.07) is -0.560. The minimum atomic E-state index is -2.20. The fourth-order valence-corrected chi connectivity index (χ4v) is 1.83. The van der Waals surface area contributed by atoms with Crippen molar-refractivity contribution in [3.8, 4) is 0 Å². The molecule has 1 nitrogen and oxygen atoms in total. The van der Waals surface area contributed by atoms with E-state index in [1.807, 2.05) is 0 Å². The summed E-state index contributed by atoms with van der Waals surface area (Å²) >= 11 is 1.74. The van der Waals surface area contributed by atoms with Crippen LogP contribution >= 0.6 is 11.8 Å². The van der Waals surface area contributed by atoms with Gasteiger partial charge in [-0.1, -0.05) is 0 Å². The Bertz CT molecular complexity index is 91.7. The van der Waals surface area contributed by atoms with Crippen LogP contribution in [0.15, 0.2) is 0 Å². The molecule has 0 amide bonds. The number of nitrogens with one attached hydrogen (secondary N) is 1. The smallest absolute Gasteiger partial charge is 0.253 e. The quantitative estimate of drug-likeness (QED) is 0.632. The highest BCUT2D eigenvalue weighted by molar-refractivity contribution is 7.99. The van der Waals surface area contributed by atoms with E-state index in [4.69, 9.17) is 0 Å². The second-order valence-corrected chi connectivity index (χ2v) is 3.52. The van der Waals surface area contributed by atoms with Gasteiger partial charge in [-0.25, -0.2) is 8.78 Å². The van der Waals surface area contributed by atoms with Crippen molar-refractivity contribution in [1.82, 2.24) is 5.32 Å². The maximum absolute atomic E-state index is 12.0. The summed E-state index contributed by atoms with van der Waals surface area (Å²) in [5.74, 6) is 1.82. The van der Waals surface area contributed by atoms with E-state index in [0.29, 0.717) is 6.42 Å². The van der Waals surface area contributed by atoms with E-state index in [1.165, 1.54) is 0 Å². The Balaban J connectivity index is 2.28. The summed E-state index contributed by atoms with van der Waals surface area (Å²) in [4.78, 5) is 0. The van der Waals surface area contributed by atoms with Gasteiger partial charge in [-0.05, 0) is 12.2 Å². The summed E-state index contributed by atoms with van der Waals surface area (Å²) in [7, 11) is 0. The molecule has 1 rings (SSSR count). The van der Waals surface area contributed by atoms with Crippen LogP contribution in [0.4, 0.5) is 8.78 Å². The number of thioether (sulfide) groups is 1. The summed E-state index contributed by atoms with van der Waals surface area (Å²) in [6.07, 6.45) is -1.60. The second-order valence-electron chi connectivity index (χ2n) is 2.30. The third kappa shape index (κ3) is 2.42. The molecule has 0 saturated carbocycles. The lowest BCUT2D eigenvalue weighted by Gasteiger charge is -2.12. The minimum absolute atomic E-state index is 0.560. The molecule has 1 saturated heterocycles. The van der Waals surface area contributed by atoms with Crippen molar-refractivity contribution in [2.45, 2.75) is 18.9 Å². The van der Waals surface area contributed by atoms with Gasteiger partial charge in [-0.15, -0.1) is 0 Å². The number of rotatable bonds is 1. The Morgan fingerprint density at radius 3 is 2.90 bits per heavy atom. The van der Waals surface area contributed by atoms with Crippen LogP contribution < -0.4 is 5.32 Å². The predicted octanol–water partition coefficient (Wildman–Crippen LogP) is 1.35. The number of hydrogen-bond acceptors (Lipinski definition) is 2. The van der Waals surface area contributed by atoms with Gasteiger partial charge in [0, 0.05) is 12.3 Å². The lowest BCUT2D eigenvalue weighted by atomic mass is 10.2. The van der Waals surface area contributed by atoms with Crippen LogP contribution in [0.2, 0.25) is 0 Å². The van der Waals surface area contributed by atoms with Crippen LogP contribution in [-0.4, -0.2) is 30.5 Å². The SMILES string of the molecule is FC(F)C1CCSCCN1. The molecule has 1 unspecified atom stereocenters. The first-order valence-corrected chi connectivity index (χ1v) is 4.55. The van der Waals surface area contributed by atoms with Crippen molar-refractivity contribution in [2.24, 2.45) is 0 Å². The normalized spacial score (nSPS) is 28.5. The third-order valence-electron chi connectivity index (χ3n) is 1.53. The van der Waals surface area contributed by atoms with Gasteiger partial charge < -0.3 is 5.32 Å². The average molecular weight is 167 g/mol. The van der Waals surface area contributed by atoms with E-state index in [0.717, 1.165) is 18.1 Å². The van der Waals surface area contributed by atoms with E-state index in [1.54, 1.807) is 11.8 Å². The Labute approximate surface area is 63.6 Å². The Morgan fingerprint density at radius 2 is 2.20 bits per heavy atom. The standard InChI is InChI=1S/C6H11F2NS/c7-6(8)5-1-3-10-4-2-9-5/h5-6,9H,1-4H2. The maximum atomic E-state index is 12.0. The van der Waals surface area contributed by atoms with E-state index >= 15 is 0 Å². The maximum Gasteiger partial charge on any atom is 0.253 e. The highest BCUT2D eigenvalue weighted by Crippen LogP contribution is 2.13. The molecule has 0 radical (unpaired) electrons. The number of halogens is 2. The summed E-state index contributed by atoms with van der Waals surface area (Å²) in [5.41, 5.74) is 0. The van der Waals surface area contributed by atoms with E-state index in [-0.39, 0.29) is 0 Å². The third-order valence-corrected chi connectivity index (χ3v) is 2.55. The van der Waals surface area contributed by atoms with Gasteiger partial charge in [0.05, 0.1) is 6.04 Å². The number of hydrogen-bond donors (Lipinski definition) is 1. The zero-order valence-corrected chi connectivity index (χ0v) is 6.46. The molecule has 4 heteroatoms. The summed E-state index contributed by atoms with van der Waals surface area (Å²) in [5, 5.41) is 2.81. The molecule has 0 aromatic heterocycles. The molecule has 60 valence electrons. The van der Waals surface area contributed by atoms with E-state index in [9.17, 15) is 8.78 Å². The predicted molar refractivity (Wildman–Crippen MR) is 39.7 cm³/mol. The first-order valence-electron chi connectivity index (χ1n) is 3.40. The van der Waals surface area contributed by atoms with Crippen molar-refractivity contribution in [3.63, 3.8) is 0 Å². The van der Waals surface area contributed by atoms with E-state index in [2.05, 4.69) is 5.32 Å². The molecule has 1 N–H and O–H groups in total. The molecule has 0 bridgehead atoms. The molecule has 0 aliphatic carbocycles. The fraction of sp³-hybridized carbons (Fsp3) is 1.00. The van der Waals surface area contributed by atoms with Crippen LogP contribution in [0.1, 0.15) is 6.42 Å². The summed E-state index contributed by atoms with van der Waals surface area (Å²) < 4.78 is 24.1. The van der Waals surface area contributed by atoms with Crippen molar-refractivity contribution in [3.05, 3.63) is 0 Å². The van der Waals surface area contributed by atoms with E-state index < -0.39 is 12.5 Å². The Morgan fingerprint density at radius 1 is 1.40 bits per heavy atom. The van der Waals surface area contributed by atoms with Crippen LogP contribution in [0.25, 0.3) is 0 Å². The van der Waals surface area contributed by atoms with Gasteiger partial charge >= 0.3 is 0 Å². The molecule has 0 spiro atoms. The van der Waals surface area contributed by atoms with Crippen LogP contribution in [0.3, 0.4) is 0 Å². The van der Waals surface area contributed by atoms with Crippen LogP contribution in [-0.2, 0) is 0 Å². The Kier molecular flexibility index (Phi) is 3.42. The van der Waals surface area contributed by atoms with Gasteiger partial charge in [0.1, 0.15) is 0 Å². The molecule has 1 aliphatic rings. The topological polar surface area (TPSA) is 12.0 Å². The molecular formula is C6H11F2NS. The minimum Gasteiger partial charge on any atom is -0.308 e. The molecule has 1 fully saturated rings. The van der Waals surface area contributed by atoms with Crippen LogP contribution in [0.5, 0.6) is 0 Å². The first-order chi connectivity index (χ1) is 4.80. The molecule has 10 heavy (non-hydrogen) atoms. The lowest BCUT2D eigenvalue weighted by molar-refractivity contribution is 0.0986. The van der Waals surface area contributed by atoms with Crippen molar-refractivity contribution in [1.29, 1.82) is 0 Å². The lowest BCUT2D eigenvalue weighted by Crippen LogP contribution is -2.35. The van der Waals surface area contributed by atoms with Gasteiger partial charge in [0.2, 0.25) is 0 Å². The second kappa shape index (κ2) is 4.13. The fourth-order valence-electron chi connectivity index (χ4n) is 0.946. The summed E-state index contributed by atoms with van der Waals surface area (Å²) in [6.45, 7) is 0.722. The molecule has 1 heterocycles. The largest absolute Gasteiger partial charge is 0.308 e. The first kappa shape index (κ1) is 8.27. The highest BCUT2D eigenvalue weighted by Gasteiger charge is 2.20. The zero-order valence-electron chi connectivity index (χ0n) is 5.65. The highest BCUT2D eigenvalue weighted by atomic mass is 32.2. The molecule has 1 atom stereocenters.